The second-order valence-corrected chi connectivity index (χ2v) is 3.20. The van der Waals surface area contributed by atoms with E-state index in [0.717, 1.165) is 0 Å². The summed E-state index contributed by atoms with van der Waals surface area (Å²) in [5.74, 6) is 0.466. The molecular formula is C8H19NO2. The minimum absolute atomic E-state index is 0.00579. The zero-order valence-corrected chi connectivity index (χ0v) is 7.79. The van der Waals surface area contributed by atoms with Crippen molar-refractivity contribution in [2.45, 2.75) is 33.1 Å². The lowest BCUT2D eigenvalue weighted by molar-refractivity contribution is -0.122. The van der Waals surface area contributed by atoms with E-state index in [0.29, 0.717) is 12.5 Å². The van der Waals surface area contributed by atoms with Crippen LogP contribution in [-0.4, -0.2) is 31.1 Å². The first-order chi connectivity index (χ1) is 5.07. The molecule has 0 saturated heterocycles. The van der Waals surface area contributed by atoms with Crippen molar-refractivity contribution in [3.05, 3.63) is 0 Å². The Morgan fingerprint density at radius 3 is 2.27 bits per heavy atom. The fourth-order valence-electron chi connectivity index (χ4n) is 0.578. The van der Waals surface area contributed by atoms with Gasteiger partial charge in [-0.2, -0.15) is 0 Å². The number of aliphatic hydroxyl groups excluding tert-OH is 1. The van der Waals surface area contributed by atoms with Gasteiger partial charge in [0.2, 0.25) is 0 Å². The molecule has 0 aromatic carbocycles. The Hall–Kier alpha value is -0.120. The maximum atomic E-state index is 9.28. The molecule has 0 aliphatic heterocycles. The first kappa shape index (κ1) is 10.9. The predicted molar refractivity (Wildman–Crippen MR) is 45.3 cm³/mol. The Balaban J connectivity index is 3.43. The van der Waals surface area contributed by atoms with Crippen LogP contribution in [0.4, 0.5) is 0 Å². The molecule has 0 bridgehead atoms. The fourth-order valence-corrected chi connectivity index (χ4v) is 0.578. The Morgan fingerprint density at radius 1 is 1.36 bits per heavy atom. The standard InChI is InChI=1S/C8H19NO2/c1-6(2)5-11-8(10)7(3)9-4/h6-10H,5H2,1-4H3. The third-order valence-corrected chi connectivity index (χ3v) is 1.48. The zero-order valence-electron chi connectivity index (χ0n) is 7.79. The minimum atomic E-state index is -0.692. The van der Waals surface area contributed by atoms with Gasteiger partial charge in [-0.15, -0.1) is 0 Å². The third kappa shape index (κ3) is 5.18. The highest BCUT2D eigenvalue weighted by Gasteiger charge is 2.11. The lowest BCUT2D eigenvalue weighted by Gasteiger charge is -2.19. The lowest BCUT2D eigenvalue weighted by Crippen LogP contribution is -2.37. The van der Waals surface area contributed by atoms with Crippen LogP contribution in [0.1, 0.15) is 20.8 Å². The van der Waals surface area contributed by atoms with Gasteiger partial charge in [0, 0.05) is 0 Å². The number of rotatable bonds is 5. The van der Waals surface area contributed by atoms with Crippen molar-refractivity contribution < 1.29 is 9.84 Å². The maximum absolute atomic E-state index is 9.28. The van der Waals surface area contributed by atoms with Crippen molar-refractivity contribution in [3.8, 4) is 0 Å². The number of hydrogen-bond acceptors (Lipinski definition) is 3. The molecule has 2 atom stereocenters. The summed E-state index contributed by atoms with van der Waals surface area (Å²) in [7, 11) is 1.80. The van der Waals surface area contributed by atoms with Crippen LogP contribution in [0.15, 0.2) is 0 Å². The van der Waals surface area contributed by atoms with Gasteiger partial charge in [-0.05, 0) is 19.9 Å². The number of aliphatic hydroxyl groups is 1. The van der Waals surface area contributed by atoms with Crippen molar-refractivity contribution in [1.29, 1.82) is 0 Å². The number of likely N-dealkylation sites (N-methyl/N-ethyl adjacent to an activating group) is 1. The molecule has 3 heteroatoms. The summed E-state index contributed by atoms with van der Waals surface area (Å²) in [6.07, 6.45) is -0.692. The highest BCUT2D eigenvalue weighted by molar-refractivity contribution is 4.59. The molecule has 0 spiro atoms. The number of hydrogen-bond donors (Lipinski definition) is 2. The second kappa shape index (κ2) is 5.52. The van der Waals surface area contributed by atoms with E-state index in [-0.39, 0.29) is 6.04 Å². The van der Waals surface area contributed by atoms with E-state index in [1.165, 1.54) is 0 Å². The fraction of sp³-hybridized carbons (Fsp3) is 1.00. The van der Waals surface area contributed by atoms with Gasteiger partial charge in [0.15, 0.2) is 6.29 Å². The molecule has 0 aliphatic carbocycles. The molecule has 0 saturated carbocycles. The van der Waals surface area contributed by atoms with Crippen molar-refractivity contribution >= 4 is 0 Å². The molecular weight excluding hydrogens is 142 g/mol. The molecule has 11 heavy (non-hydrogen) atoms. The predicted octanol–water partition coefficient (Wildman–Crippen LogP) is 0.585. The van der Waals surface area contributed by atoms with Crippen molar-refractivity contribution in [1.82, 2.24) is 5.32 Å². The first-order valence-corrected chi connectivity index (χ1v) is 4.04. The van der Waals surface area contributed by atoms with Crippen LogP contribution in [0.2, 0.25) is 0 Å². The van der Waals surface area contributed by atoms with E-state index in [4.69, 9.17) is 4.74 Å². The van der Waals surface area contributed by atoms with Crippen LogP contribution < -0.4 is 5.32 Å². The van der Waals surface area contributed by atoms with E-state index in [2.05, 4.69) is 19.2 Å². The Morgan fingerprint density at radius 2 is 1.91 bits per heavy atom. The average molecular weight is 161 g/mol. The van der Waals surface area contributed by atoms with Crippen LogP contribution >= 0.6 is 0 Å². The highest BCUT2D eigenvalue weighted by Crippen LogP contribution is 1.99. The van der Waals surface area contributed by atoms with Gasteiger partial charge < -0.3 is 15.2 Å². The van der Waals surface area contributed by atoms with Crippen molar-refractivity contribution in [2.24, 2.45) is 5.92 Å². The van der Waals surface area contributed by atoms with Gasteiger partial charge in [-0.1, -0.05) is 13.8 Å². The number of ether oxygens (including phenoxy) is 1. The topological polar surface area (TPSA) is 41.5 Å². The summed E-state index contributed by atoms with van der Waals surface area (Å²) in [4.78, 5) is 0. The van der Waals surface area contributed by atoms with Gasteiger partial charge in [-0.25, -0.2) is 0 Å². The molecule has 0 rings (SSSR count). The SMILES string of the molecule is CNC(C)C(O)OCC(C)C. The molecule has 0 amide bonds. The van der Waals surface area contributed by atoms with E-state index in [1.807, 2.05) is 6.92 Å². The normalized spacial score (nSPS) is 16.9. The summed E-state index contributed by atoms with van der Waals surface area (Å²) < 4.78 is 5.15. The highest BCUT2D eigenvalue weighted by atomic mass is 16.6. The smallest absolute Gasteiger partial charge is 0.169 e. The molecule has 0 heterocycles. The van der Waals surface area contributed by atoms with Gasteiger partial charge in [-0.3, -0.25) is 0 Å². The Labute approximate surface area is 68.8 Å². The van der Waals surface area contributed by atoms with Crippen LogP contribution in [0.5, 0.6) is 0 Å². The van der Waals surface area contributed by atoms with Crippen LogP contribution in [0, 0.1) is 5.92 Å². The van der Waals surface area contributed by atoms with E-state index in [1.54, 1.807) is 7.05 Å². The lowest BCUT2D eigenvalue weighted by atomic mass is 10.2. The summed E-state index contributed by atoms with van der Waals surface area (Å²) >= 11 is 0. The second-order valence-electron chi connectivity index (χ2n) is 3.20. The molecule has 0 aromatic heterocycles. The Kier molecular flexibility index (Phi) is 5.46. The van der Waals surface area contributed by atoms with Crippen molar-refractivity contribution in [2.75, 3.05) is 13.7 Å². The molecule has 68 valence electrons. The average Bonchev–Trinajstić information content (AvgIpc) is 1.98. The van der Waals surface area contributed by atoms with Crippen molar-refractivity contribution in [3.63, 3.8) is 0 Å². The van der Waals surface area contributed by atoms with Crippen LogP contribution in [0.25, 0.3) is 0 Å². The Bertz CT molecular complexity index is 96.1. The van der Waals surface area contributed by atoms with E-state index in [9.17, 15) is 5.11 Å². The van der Waals surface area contributed by atoms with Gasteiger partial charge in [0.25, 0.3) is 0 Å². The van der Waals surface area contributed by atoms with Crippen LogP contribution in [0.3, 0.4) is 0 Å². The summed E-state index contributed by atoms with van der Waals surface area (Å²) in [6, 6.07) is -0.00579. The summed E-state index contributed by atoms with van der Waals surface area (Å²) in [6.45, 7) is 6.59. The monoisotopic (exact) mass is 161 g/mol. The van der Waals surface area contributed by atoms with Gasteiger partial charge in [0.1, 0.15) is 0 Å². The minimum Gasteiger partial charge on any atom is -0.367 e. The summed E-state index contributed by atoms with van der Waals surface area (Å²) in [5.41, 5.74) is 0. The number of nitrogens with one attached hydrogen (secondary N) is 1. The van der Waals surface area contributed by atoms with Gasteiger partial charge >= 0.3 is 0 Å². The largest absolute Gasteiger partial charge is 0.367 e. The van der Waals surface area contributed by atoms with Crippen LogP contribution in [-0.2, 0) is 4.74 Å². The third-order valence-electron chi connectivity index (χ3n) is 1.48. The molecule has 2 unspecified atom stereocenters. The van der Waals surface area contributed by atoms with E-state index < -0.39 is 6.29 Å². The maximum Gasteiger partial charge on any atom is 0.169 e. The first-order valence-electron chi connectivity index (χ1n) is 4.04. The van der Waals surface area contributed by atoms with E-state index >= 15 is 0 Å². The molecule has 0 radical (unpaired) electrons. The quantitative estimate of drug-likeness (QED) is 0.580. The molecule has 3 nitrogen and oxygen atoms in total. The molecule has 2 N–H and O–H groups in total. The zero-order chi connectivity index (χ0) is 8.85. The molecule has 0 aliphatic rings. The molecule has 0 fully saturated rings. The van der Waals surface area contributed by atoms with Gasteiger partial charge in [0.05, 0.1) is 12.6 Å². The molecule has 0 aromatic rings. The summed E-state index contributed by atoms with van der Waals surface area (Å²) in [5, 5.41) is 12.2.